The summed E-state index contributed by atoms with van der Waals surface area (Å²) in [5.74, 6) is 1.11. The van der Waals surface area contributed by atoms with Gasteiger partial charge in [-0.25, -0.2) is 0 Å². The van der Waals surface area contributed by atoms with Gasteiger partial charge in [-0.05, 0) is 80.5 Å². The molecular weight excluding hydrogens is 953 g/mol. The van der Waals surface area contributed by atoms with E-state index in [0.29, 0.717) is 30.8 Å². The Hall–Kier alpha value is -1.14. The van der Waals surface area contributed by atoms with Gasteiger partial charge < -0.3 is 109 Å². The molecule has 3 saturated carbocycles. The van der Waals surface area contributed by atoms with Crippen LogP contribution < -0.4 is 0 Å². The molecule has 31 atom stereocenters. The molecule has 0 aromatic rings. The van der Waals surface area contributed by atoms with Crippen molar-refractivity contribution in [3.63, 3.8) is 0 Å². The van der Waals surface area contributed by atoms with Crippen LogP contribution in [0.2, 0.25) is 0 Å². The van der Waals surface area contributed by atoms with Crippen molar-refractivity contribution in [3.8, 4) is 0 Å². The van der Waals surface area contributed by atoms with Gasteiger partial charge in [-0.3, -0.25) is 0 Å². The van der Waals surface area contributed by atoms with Crippen LogP contribution in [-0.4, -0.2) is 229 Å². The van der Waals surface area contributed by atoms with E-state index in [1.807, 2.05) is 0 Å². The molecule has 0 aromatic carbocycles. The highest BCUT2D eigenvalue weighted by atomic mass is 16.8. The Balaban J connectivity index is 0.950. The third kappa shape index (κ3) is 8.99. The summed E-state index contributed by atoms with van der Waals surface area (Å²) in [6, 6.07) is 0. The molecule has 0 radical (unpaired) electrons. The molecule has 0 bridgehead atoms. The van der Waals surface area contributed by atoms with Crippen LogP contribution in [0, 0.1) is 46.3 Å². The predicted octanol–water partition coefficient (Wildman–Crippen LogP) is -2.35. The van der Waals surface area contributed by atoms with E-state index in [9.17, 15) is 61.3 Å². The Labute approximate surface area is 419 Å². The van der Waals surface area contributed by atoms with Crippen LogP contribution in [0.3, 0.4) is 0 Å². The summed E-state index contributed by atoms with van der Waals surface area (Å²) in [4.78, 5) is 0. The summed E-state index contributed by atoms with van der Waals surface area (Å²) >= 11 is 0. The molecule has 6 unspecified atom stereocenters. The second-order valence-corrected chi connectivity index (χ2v) is 23.5. The van der Waals surface area contributed by atoms with Crippen LogP contribution in [0.25, 0.3) is 0 Å². The molecule has 1 spiro atoms. The minimum atomic E-state index is -1.95. The first-order valence-corrected chi connectivity index (χ1v) is 26.4. The van der Waals surface area contributed by atoms with Crippen LogP contribution in [-0.2, 0) is 47.4 Å². The van der Waals surface area contributed by atoms with Crippen LogP contribution in [0.5, 0.6) is 0 Å². The van der Waals surface area contributed by atoms with Gasteiger partial charge in [0.05, 0.1) is 50.8 Å². The number of aliphatic hydroxyl groups excluding tert-OH is 12. The number of hydrogen-bond acceptors (Lipinski definition) is 22. The summed E-state index contributed by atoms with van der Waals surface area (Å²) in [5.41, 5.74) is 0.342. The fourth-order valence-electron chi connectivity index (χ4n) is 15.3. The molecule has 9 fully saturated rings. The van der Waals surface area contributed by atoms with Crippen molar-refractivity contribution < 1.29 is 109 Å². The fourth-order valence-corrected chi connectivity index (χ4v) is 15.3. The summed E-state index contributed by atoms with van der Waals surface area (Å²) < 4.78 is 63.0. The highest BCUT2D eigenvalue weighted by molar-refractivity contribution is 5.29. The van der Waals surface area contributed by atoms with Crippen LogP contribution in [0.4, 0.5) is 0 Å². The number of allylic oxidation sites excluding steroid dienone is 1. The molecule has 6 saturated heterocycles. The fraction of sp³-hybridized carbons (Fsp3) is 0.960. The highest BCUT2D eigenvalue weighted by Crippen LogP contribution is 2.71. The second-order valence-electron chi connectivity index (χ2n) is 23.5. The van der Waals surface area contributed by atoms with E-state index in [0.717, 1.165) is 44.1 Å². The number of aliphatic hydroxyl groups is 12. The van der Waals surface area contributed by atoms with Crippen molar-refractivity contribution >= 4 is 0 Å². The molecule has 10 rings (SSSR count). The van der Waals surface area contributed by atoms with E-state index >= 15 is 0 Å². The number of hydrogen-bond donors (Lipinski definition) is 12. The number of fused-ring (bicyclic) bond motifs is 7. The Morgan fingerprint density at radius 1 is 0.625 bits per heavy atom. The first-order valence-electron chi connectivity index (χ1n) is 26.4. The lowest BCUT2D eigenvalue weighted by Gasteiger charge is -2.61. The lowest BCUT2D eigenvalue weighted by atomic mass is 9.46. The van der Waals surface area contributed by atoms with E-state index in [-0.39, 0.29) is 35.7 Å². The molecule has 12 N–H and O–H groups in total. The number of rotatable bonds is 10. The molecule has 412 valence electrons. The average molecular weight is 1030 g/mol. The zero-order valence-corrected chi connectivity index (χ0v) is 41.7. The second kappa shape index (κ2) is 20.6. The maximum absolute atomic E-state index is 12.0. The Morgan fingerprint density at radius 2 is 1.29 bits per heavy atom. The molecule has 6 aliphatic heterocycles. The summed E-state index contributed by atoms with van der Waals surface area (Å²) in [5, 5.41) is 131. The van der Waals surface area contributed by atoms with Crippen molar-refractivity contribution in [2.45, 2.75) is 227 Å². The Kier molecular flexibility index (Phi) is 15.5. The van der Waals surface area contributed by atoms with Crippen LogP contribution in [0.1, 0.15) is 86.0 Å². The smallest absolute Gasteiger partial charge is 0.187 e. The average Bonchev–Trinajstić information content (AvgIpc) is 3.80. The van der Waals surface area contributed by atoms with Crippen molar-refractivity contribution in [1.29, 1.82) is 0 Å². The van der Waals surface area contributed by atoms with Crippen molar-refractivity contribution in [2.75, 3.05) is 26.4 Å². The molecule has 72 heavy (non-hydrogen) atoms. The minimum Gasteiger partial charge on any atom is -0.394 e. The maximum Gasteiger partial charge on any atom is 0.187 e. The van der Waals surface area contributed by atoms with E-state index in [1.165, 1.54) is 6.92 Å². The molecule has 4 aliphatic carbocycles. The largest absolute Gasteiger partial charge is 0.394 e. The highest BCUT2D eigenvalue weighted by Gasteiger charge is 2.70. The van der Waals surface area contributed by atoms with E-state index in [1.54, 1.807) is 0 Å². The molecule has 0 amide bonds. The van der Waals surface area contributed by atoms with Crippen LogP contribution in [0.15, 0.2) is 11.6 Å². The first-order chi connectivity index (χ1) is 34.1. The minimum absolute atomic E-state index is 0.0147. The third-order valence-electron chi connectivity index (χ3n) is 19.5. The Bertz CT molecular complexity index is 1910. The van der Waals surface area contributed by atoms with Crippen molar-refractivity contribution in [2.24, 2.45) is 46.3 Å². The maximum atomic E-state index is 12.0. The van der Waals surface area contributed by atoms with E-state index in [4.69, 9.17) is 47.4 Å². The zero-order chi connectivity index (χ0) is 51.5. The van der Waals surface area contributed by atoms with Gasteiger partial charge in [0.2, 0.25) is 0 Å². The third-order valence-corrected chi connectivity index (χ3v) is 19.5. The Morgan fingerprint density at radius 3 is 2.00 bits per heavy atom. The van der Waals surface area contributed by atoms with Gasteiger partial charge in [-0.2, -0.15) is 0 Å². The van der Waals surface area contributed by atoms with Crippen molar-refractivity contribution in [3.05, 3.63) is 11.6 Å². The molecule has 0 aromatic heterocycles. The zero-order valence-electron chi connectivity index (χ0n) is 41.7. The van der Waals surface area contributed by atoms with Gasteiger partial charge in [0.25, 0.3) is 0 Å². The van der Waals surface area contributed by atoms with Gasteiger partial charge in [-0.15, -0.1) is 0 Å². The van der Waals surface area contributed by atoms with Gasteiger partial charge in [0.1, 0.15) is 85.5 Å². The summed E-state index contributed by atoms with van der Waals surface area (Å²) in [6.45, 7) is 9.25. The summed E-state index contributed by atoms with van der Waals surface area (Å²) in [6.07, 6.45) is -24.9. The van der Waals surface area contributed by atoms with E-state index < -0.39 is 160 Å². The van der Waals surface area contributed by atoms with Gasteiger partial charge in [0.15, 0.2) is 30.9 Å². The van der Waals surface area contributed by atoms with Crippen LogP contribution >= 0.6 is 0 Å². The topological polar surface area (TPSA) is 335 Å². The molecular formula is C50H80O22. The first kappa shape index (κ1) is 54.2. The monoisotopic (exact) mass is 1030 g/mol. The van der Waals surface area contributed by atoms with Gasteiger partial charge >= 0.3 is 0 Å². The summed E-state index contributed by atoms with van der Waals surface area (Å²) in [7, 11) is 0. The lowest BCUT2D eigenvalue weighted by molar-refractivity contribution is -0.401. The SMILES string of the molecule is C[C@H]1CCC2(OC1)OC1CC3C4CC=C5C[C@@H](O)C[C@@H](O[C@@H]6O[C@H](CO)[C@@H](O)[C@H](O[C@@H]7OC[C@@H](O)[C@H](O)[C@H]7O)[C@H]6O[C@@H]6O[C@@H](C)[C@H](O)[C@@H](O[C@@H]7O[C@H](CO)[C@@H](O)[C@H](O)[C@H]7O)[C@H]6O)[C@]5(C)C4CC[C@]3(C)C1[C@H]2C. The predicted molar refractivity (Wildman–Crippen MR) is 242 cm³/mol. The van der Waals surface area contributed by atoms with Crippen molar-refractivity contribution in [1.82, 2.24) is 0 Å². The van der Waals surface area contributed by atoms with E-state index in [2.05, 4.69) is 33.8 Å². The van der Waals surface area contributed by atoms with Gasteiger partial charge in [0, 0.05) is 24.2 Å². The molecule has 22 heteroatoms. The molecule has 6 heterocycles. The molecule has 22 nitrogen and oxygen atoms in total. The number of ether oxygens (including phenoxy) is 10. The molecule has 10 aliphatic rings. The quantitative estimate of drug-likeness (QED) is 0.102. The lowest BCUT2D eigenvalue weighted by Crippen LogP contribution is -2.68. The standard InChI is InChI=1S/C50H80O22/c1-19-8-11-50(64-17-19)20(2)32-28(72-50)14-26-24-7-6-22-12-23(53)13-31(49(22,5)25(24)9-10-48(26,32)4)68-47-43(42(36(58)30(16-52)67-47)70-44-38(60)34(56)27(54)18-63-44)71-46-40(62)41(33(55)21(3)65-46)69-45-39(61)37(59)35(57)29(15-51)66-45/h6,19-21,23-47,51-62H,7-18H2,1-5H3/t19-,20+,21-,23+,24?,25?,26?,27+,28?,29+,30+,31+,32?,33-,34-,35+,36+,37-,38+,39+,40+,41+,42-,43+,44-,45-,46-,47-,48-,49-,50?/m0/s1. The van der Waals surface area contributed by atoms with Gasteiger partial charge in [-0.1, -0.05) is 39.3 Å². The normalized spacial score (nSPS) is 57.8.